The minimum absolute atomic E-state index is 0.598. The molecule has 1 rings (SSSR count). The summed E-state index contributed by atoms with van der Waals surface area (Å²) in [5.74, 6) is 2.57. The Bertz CT molecular complexity index is 383. The Balaban J connectivity index is 3.03. The summed E-state index contributed by atoms with van der Waals surface area (Å²) >= 11 is 0. The van der Waals surface area contributed by atoms with Crippen LogP contribution in [-0.2, 0) is 5.60 Å². The fraction of sp³-hybridized carbons (Fsp3) is 0.429. The van der Waals surface area contributed by atoms with Crippen molar-refractivity contribution < 1.29 is 5.11 Å². The number of rotatable bonds is 3. The second-order valence-electron chi connectivity index (χ2n) is 4.30. The van der Waals surface area contributed by atoms with Crippen LogP contribution in [0.5, 0.6) is 0 Å². The Hall–Kier alpha value is -1.26. The number of hydrogen-bond donors (Lipinski definition) is 1. The lowest BCUT2D eigenvalue weighted by atomic mass is 9.87. The van der Waals surface area contributed by atoms with E-state index < -0.39 is 5.60 Å². The molecule has 0 heterocycles. The third-order valence-electron chi connectivity index (χ3n) is 2.73. The molecule has 1 N–H and O–H groups in total. The summed E-state index contributed by atoms with van der Waals surface area (Å²) in [6.45, 7) is 5.87. The summed E-state index contributed by atoms with van der Waals surface area (Å²) in [4.78, 5) is 0. The molecule has 80 valence electrons. The molecule has 0 aliphatic rings. The highest BCUT2D eigenvalue weighted by Crippen LogP contribution is 2.29. The zero-order valence-electron chi connectivity index (χ0n) is 9.67. The fourth-order valence-corrected chi connectivity index (χ4v) is 1.77. The van der Waals surface area contributed by atoms with E-state index in [1.165, 1.54) is 0 Å². The van der Waals surface area contributed by atoms with Crippen LogP contribution in [0.15, 0.2) is 18.2 Å². The van der Waals surface area contributed by atoms with E-state index in [1.807, 2.05) is 32.9 Å². The summed E-state index contributed by atoms with van der Waals surface area (Å²) in [7, 11) is 0. The van der Waals surface area contributed by atoms with Gasteiger partial charge in [0, 0.05) is 6.42 Å². The van der Waals surface area contributed by atoms with Gasteiger partial charge in [0.2, 0.25) is 0 Å². The van der Waals surface area contributed by atoms with Crippen molar-refractivity contribution >= 4 is 0 Å². The SMILES string of the molecule is C#CCCC(C)(O)c1cc(C)ccc1C. The molecule has 0 fully saturated rings. The number of benzene rings is 1. The molecule has 0 bridgehead atoms. The van der Waals surface area contributed by atoms with Crippen LogP contribution in [0.25, 0.3) is 0 Å². The Labute approximate surface area is 92.1 Å². The maximum Gasteiger partial charge on any atom is 0.0880 e. The molecule has 0 spiro atoms. The lowest BCUT2D eigenvalue weighted by Crippen LogP contribution is -2.22. The molecule has 0 aliphatic carbocycles. The van der Waals surface area contributed by atoms with Crippen LogP contribution < -0.4 is 0 Å². The van der Waals surface area contributed by atoms with Gasteiger partial charge in [-0.1, -0.05) is 23.8 Å². The zero-order valence-corrected chi connectivity index (χ0v) is 9.67. The minimum Gasteiger partial charge on any atom is -0.385 e. The molecule has 15 heavy (non-hydrogen) atoms. The molecule has 1 unspecified atom stereocenters. The van der Waals surface area contributed by atoms with Gasteiger partial charge in [0.05, 0.1) is 5.60 Å². The Morgan fingerprint density at radius 3 is 2.67 bits per heavy atom. The van der Waals surface area contributed by atoms with Crippen LogP contribution in [0.4, 0.5) is 0 Å². The second-order valence-corrected chi connectivity index (χ2v) is 4.30. The van der Waals surface area contributed by atoms with Gasteiger partial charge in [-0.25, -0.2) is 0 Å². The average molecular weight is 202 g/mol. The standard InChI is InChI=1S/C14H18O/c1-5-6-9-14(4,15)13-10-11(2)7-8-12(13)3/h1,7-8,10,15H,6,9H2,2-4H3. The largest absolute Gasteiger partial charge is 0.385 e. The molecule has 1 aromatic rings. The van der Waals surface area contributed by atoms with Gasteiger partial charge in [-0.2, -0.15) is 0 Å². The van der Waals surface area contributed by atoms with Crippen LogP contribution in [-0.4, -0.2) is 5.11 Å². The quantitative estimate of drug-likeness (QED) is 0.747. The molecule has 0 radical (unpaired) electrons. The summed E-state index contributed by atoms with van der Waals surface area (Å²) in [6.07, 6.45) is 6.42. The van der Waals surface area contributed by atoms with Gasteiger partial charge >= 0.3 is 0 Å². The summed E-state index contributed by atoms with van der Waals surface area (Å²) < 4.78 is 0. The lowest BCUT2D eigenvalue weighted by molar-refractivity contribution is 0.0487. The summed E-state index contributed by atoms with van der Waals surface area (Å²) in [6, 6.07) is 6.12. The van der Waals surface area contributed by atoms with E-state index >= 15 is 0 Å². The van der Waals surface area contributed by atoms with Gasteiger partial charge in [0.15, 0.2) is 0 Å². The third-order valence-corrected chi connectivity index (χ3v) is 2.73. The Kier molecular flexibility index (Phi) is 3.55. The van der Waals surface area contributed by atoms with Crippen LogP contribution >= 0.6 is 0 Å². The first-order valence-corrected chi connectivity index (χ1v) is 5.21. The molecule has 1 atom stereocenters. The van der Waals surface area contributed by atoms with E-state index in [2.05, 4.69) is 12.0 Å². The molecule has 0 amide bonds. The van der Waals surface area contributed by atoms with Gasteiger partial charge in [-0.05, 0) is 38.3 Å². The van der Waals surface area contributed by atoms with Gasteiger partial charge in [-0.3, -0.25) is 0 Å². The number of hydrogen-bond acceptors (Lipinski definition) is 1. The van der Waals surface area contributed by atoms with Crippen molar-refractivity contribution in [2.75, 3.05) is 0 Å². The number of terminal acetylenes is 1. The second kappa shape index (κ2) is 4.51. The molecule has 0 aliphatic heterocycles. The zero-order chi connectivity index (χ0) is 11.5. The van der Waals surface area contributed by atoms with E-state index in [-0.39, 0.29) is 0 Å². The van der Waals surface area contributed by atoms with E-state index in [0.717, 1.165) is 16.7 Å². The molecule has 1 heteroatoms. The first kappa shape index (κ1) is 11.8. The van der Waals surface area contributed by atoms with Crippen molar-refractivity contribution in [3.63, 3.8) is 0 Å². The molecular formula is C14H18O. The van der Waals surface area contributed by atoms with E-state index in [1.54, 1.807) is 0 Å². The van der Waals surface area contributed by atoms with Gasteiger partial charge in [0.25, 0.3) is 0 Å². The van der Waals surface area contributed by atoms with Gasteiger partial charge in [-0.15, -0.1) is 12.3 Å². The molecular weight excluding hydrogens is 184 g/mol. The molecule has 0 aromatic heterocycles. The van der Waals surface area contributed by atoms with Crippen molar-refractivity contribution in [3.8, 4) is 12.3 Å². The summed E-state index contributed by atoms with van der Waals surface area (Å²) in [5.41, 5.74) is 2.44. The van der Waals surface area contributed by atoms with E-state index in [0.29, 0.717) is 12.8 Å². The molecule has 0 saturated heterocycles. The normalized spacial score (nSPS) is 14.3. The fourth-order valence-electron chi connectivity index (χ4n) is 1.77. The average Bonchev–Trinajstić information content (AvgIpc) is 2.18. The van der Waals surface area contributed by atoms with Gasteiger partial charge < -0.3 is 5.11 Å². The van der Waals surface area contributed by atoms with Crippen LogP contribution in [0.2, 0.25) is 0 Å². The highest BCUT2D eigenvalue weighted by molar-refractivity contribution is 5.34. The number of aliphatic hydroxyl groups is 1. The lowest BCUT2D eigenvalue weighted by Gasteiger charge is -2.25. The first-order valence-electron chi connectivity index (χ1n) is 5.21. The van der Waals surface area contributed by atoms with Crippen molar-refractivity contribution in [1.29, 1.82) is 0 Å². The van der Waals surface area contributed by atoms with Crippen LogP contribution in [0.1, 0.15) is 36.5 Å². The smallest absolute Gasteiger partial charge is 0.0880 e. The predicted octanol–water partition coefficient (Wildman–Crippen LogP) is 2.92. The Morgan fingerprint density at radius 1 is 1.40 bits per heavy atom. The Morgan fingerprint density at radius 2 is 2.07 bits per heavy atom. The van der Waals surface area contributed by atoms with Crippen LogP contribution in [0, 0.1) is 26.2 Å². The highest BCUT2D eigenvalue weighted by Gasteiger charge is 2.23. The third kappa shape index (κ3) is 2.84. The maximum absolute atomic E-state index is 10.3. The van der Waals surface area contributed by atoms with Crippen LogP contribution in [0.3, 0.4) is 0 Å². The van der Waals surface area contributed by atoms with Crippen molar-refractivity contribution in [2.24, 2.45) is 0 Å². The predicted molar refractivity (Wildman–Crippen MR) is 63.6 cm³/mol. The maximum atomic E-state index is 10.3. The minimum atomic E-state index is -0.817. The molecule has 0 saturated carbocycles. The molecule has 1 aromatic carbocycles. The van der Waals surface area contributed by atoms with Crippen molar-refractivity contribution in [3.05, 3.63) is 34.9 Å². The number of aryl methyl sites for hydroxylation is 2. The first-order chi connectivity index (χ1) is 6.97. The van der Waals surface area contributed by atoms with E-state index in [4.69, 9.17) is 6.42 Å². The monoisotopic (exact) mass is 202 g/mol. The van der Waals surface area contributed by atoms with Gasteiger partial charge in [0.1, 0.15) is 0 Å². The van der Waals surface area contributed by atoms with Crippen molar-refractivity contribution in [1.82, 2.24) is 0 Å². The topological polar surface area (TPSA) is 20.2 Å². The molecule has 1 nitrogen and oxygen atoms in total. The highest BCUT2D eigenvalue weighted by atomic mass is 16.3. The summed E-state index contributed by atoms with van der Waals surface area (Å²) in [5, 5.41) is 10.3. The van der Waals surface area contributed by atoms with Crippen molar-refractivity contribution in [2.45, 2.75) is 39.2 Å². The van der Waals surface area contributed by atoms with E-state index in [9.17, 15) is 5.11 Å².